The zero-order valence-electron chi connectivity index (χ0n) is 9.17. The molecule has 4 N–H and O–H groups in total. The van der Waals surface area contributed by atoms with E-state index in [9.17, 15) is 9.18 Å². The topological polar surface area (TPSA) is 79.0 Å². The lowest BCUT2D eigenvalue weighted by molar-refractivity contribution is -0.118. The quantitative estimate of drug-likeness (QED) is 0.538. The number of amidine groups is 1. The van der Waals surface area contributed by atoms with Gasteiger partial charge in [0.15, 0.2) is 0 Å². The summed E-state index contributed by atoms with van der Waals surface area (Å²) >= 11 is 0. The van der Waals surface area contributed by atoms with Gasteiger partial charge < -0.3 is 11.1 Å². The van der Waals surface area contributed by atoms with Crippen LogP contribution in [-0.2, 0) is 4.79 Å². The van der Waals surface area contributed by atoms with Gasteiger partial charge in [0.05, 0.1) is 5.56 Å². The standard InChI is InChI=1S/C11H14FN3O/c1-6(2)11(16)15-7-3-4-8(10(13)14)9(12)5-7/h3-6H,1-2H3,(H3,13,14)(H,15,16). The molecule has 86 valence electrons. The molecule has 1 aromatic carbocycles. The number of nitrogens with one attached hydrogen (secondary N) is 2. The Hall–Kier alpha value is -1.91. The molecule has 0 bridgehead atoms. The minimum absolute atomic E-state index is 0.0301. The third-order valence-electron chi connectivity index (χ3n) is 2.05. The summed E-state index contributed by atoms with van der Waals surface area (Å²) < 4.78 is 13.4. The Kier molecular flexibility index (Phi) is 3.60. The lowest BCUT2D eigenvalue weighted by Crippen LogP contribution is -2.18. The van der Waals surface area contributed by atoms with Crippen molar-refractivity contribution in [2.75, 3.05) is 5.32 Å². The molecular weight excluding hydrogens is 209 g/mol. The number of anilines is 1. The van der Waals surface area contributed by atoms with Crippen LogP contribution in [0.4, 0.5) is 10.1 Å². The van der Waals surface area contributed by atoms with Gasteiger partial charge in [-0.15, -0.1) is 0 Å². The molecule has 0 fully saturated rings. The first-order chi connectivity index (χ1) is 7.41. The molecule has 0 aromatic heterocycles. The molecule has 0 atom stereocenters. The summed E-state index contributed by atoms with van der Waals surface area (Å²) in [6.45, 7) is 3.49. The molecule has 16 heavy (non-hydrogen) atoms. The number of benzene rings is 1. The molecule has 1 rings (SSSR count). The third kappa shape index (κ3) is 2.79. The summed E-state index contributed by atoms with van der Waals surface area (Å²) in [7, 11) is 0. The van der Waals surface area contributed by atoms with Gasteiger partial charge in [-0.1, -0.05) is 13.8 Å². The molecule has 0 aliphatic rings. The predicted molar refractivity (Wildman–Crippen MR) is 60.9 cm³/mol. The highest BCUT2D eigenvalue weighted by molar-refractivity contribution is 5.96. The molecule has 0 aliphatic heterocycles. The first-order valence-corrected chi connectivity index (χ1v) is 4.86. The summed E-state index contributed by atoms with van der Waals surface area (Å²) in [5.41, 5.74) is 5.56. The maximum atomic E-state index is 13.4. The highest BCUT2D eigenvalue weighted by Gasteiger charge is 2.10. The van der Waals surface area contributed by atoms with Gasteiger partial charge in [0.1, 0.15) is 11.7 Å². The lowest BCUT2D eigenvalue weighted by atomic mass is 10.1. The summed E-state index contributed by atoms with van der Waals surface area (Å²) in [5, 5.41) is 9.67. The number of carbonyl (C=O) groups excluding carboxylic acids is 1. The van der Waals surface area contributed by atoms with E-state index in [1.807, 2.05) is 0 Å². The van der Waals surface area contributed by atoms with Gasteiger partial charge in [-0.05, 0) is 18.2 Å². The largest absolute Gasteiger partial charge is 0.384 e. The Bertz CT molecular complexity index is 429. The van der Waals surface area contributed by atoms with Crippen molar-refractivity contribution in [1.82, 2.24) is 0 Å². The van der Waals surface area contributed by atoms with Crippen molar-refractivity contribution in [3.05, 3.63) is 29.6 Å². The van der Waals surface area contributed by atoms with Gasteiger partial charge >= 0.3 is 0 Å². The van der Waals surface area contributed by atoms with E-state index in [4.69, 9.17) is 11.1 Å². The summed E-state index contributed by atoms with van der Waals surface area (Å²) in [5.74, 6) is -1.31. The average Bonchev–Trinajstić information content (AvgIpc) is 2.16. The fraction of sp³-hybridized carbons (Fsp3) is 0.273. The second-order valence-corrected chi connectivity index (χ2v) is 3.75. The van der Waals surface area contributed by atoms with Crippen LogP contribution in [0, 0.1) is 17.1 Å². The summed E-state index contributed by atoms with van der Waals surface area (Å²) in [6, 6.07) is 4.03. The smallest absolute Gasteiger partial charge is 0.226 e. The molecule has 0 unspecified atom stereocenters. The molecule has 1 amide bonds. The predicted octanol–water partition coefficient (Wildman–Crippen LogP) is 1.70. The van der Waals surface area contributed by atoms with Gasteiger partial charge in [-0.2, -0.15) is 0 Å². The van der Waals surface area contributed by atoms with Gasteiger partial charge in [0, 0.05) is 11.6 Å². The van der Waals surface area contributed by atoms with Crippen LogP contribution in [0.15, 0.2) is 18.2 Å². The number of hydrogen-bond donors (Lipinski definition) is 3. The molecule has 5 heteroatoms. The van der Waals surface area contributed by atoms with Crippen LogP contribution in [0.2, 0.25) is 0 Å². The highest BCUT2D eigenvalue weighted by Crippen LogP contribution is 2.14. The van der Waals surface area contributed by atoms with Crippen molar-refractivity contribution in [3.63, 3.8) is 0 Å². The molecule has 0 spiro atoms. The first kappa shape index (κ1) is 12.2. The van der Waals surface area contributed by atoms with Crippen LogP contribution in [0.5, 0.6) is 0 Å². The van der Waals surface area contributed by atoms with Crippen molar-refractivity contribution in [2.24, 2.45) is 11.7 Å². The number of hydrogen-bond acceptors (Lipinski definition) is 2. The zero-order valence-corrected chi connectivity index (χ0v) is 9.17. The Morgan fingerprint density at radius 1 is 1.50 bits per heavy atom. The van der Waals surface area contributed by atoms with Crippen LogP contribution in [0.3, 0.4) is 0 Å². The minimum Gasteiger partial charge on any atom is -0.384 e. The van der Waals surface area contributed by atoms with E-state index in [-0.39, 0.29) is 23.2 Å². The van der Waals surface area contributed by atoms with Crippen LogP contribution in [0.1, 0.15) is 19.4 Å². The number of rotatable bonds is 3. The minimum atomic E-state index is -0.617. The molecule has 0 aliphatic carbocycles. The summed E-state index contributed by atoms with van der Waals surface area (Å²) in [4.78, 5) is 11.3. The normalized spacial score (nSPS) is 10.2. The molecule has 4 nitrogen and oxygen atoms in total. The number of nitrogen functional groups attached to an aromatic ring is 1. The average molecular weight is 223 g/mol. The SMILES string of the molecule is CC(C)C(=O)Nc1ccc(C(=N)N)c(F)c1. The van der Waals surface area contributed by atoms with Crippen molar-refractivity contribution in [1.29, 1.82) is 5.41 Å². The van der Waals surface area contributed by atoms with Gasteiger partial charge in [-0.25, -0.2) is 4.39 Å². The number of carbonyl (C=O) groups is 1. The Morgan fingerprint density at radius 3 is 2.56 bits per heavy atom. The van der Waals surface area contributed by atoms with E-state index in [0.29, 0.717) is 5.69 Å². The number of halogens is 1. The van der Waals surface area contributed by atoms with Crippen LogP contribution in [0.25, 0.3) is 0 Å². The van der Waals surface area contributed by atoms with E-state index < -0.39 is 5.82 Å². The van der Waals surface area contributed by atoms with Gasteiger partial charge in [0.25, 0.3) is 0 Å². The van der Waals surface area contributed by atoms with Crippen LogP contribution >= 0.6 is 0 Å². The molecule has 0 saturated carbocycles. The van der Waals surface area contributed by atoms with E-state index >= 15 is 0 Å². The fourth-order valence-corrected chi connectivity index (χ4v) is 1.10. The second-order valence-electron chi connectivity index (χ2n) is 3.75. The maximum Gasteiger partial charge on any atom is 0.226 e. The fourth-order valence-electron chi connectivity index (χ4n) is 1.10. The Labute approximate surface area is 93.2 Å². The van der Waals surface area contributed by atoms with Crippen molar-refractivity contribution < 1.29 is 9.18 Å². The van der Waals surface area contributed by atoms with Crippen molar-refractivity contribution in [2.45, 2.75) is 13.8 Å². The molecular formula is C11H14FN3O. The van der Waals surface area contributed by atoms with E-state index in [1.165, 1.54) is 12.1 Å². The van der Waals surface area contributed by atoms with Crippen LogP contribution in [-0.4, -0.2) is 11.7 Å². The Balaban J connectivity index is 2.90. The van der Waals surface area contributed by atoms with Crippen molar-refractivity contribution >= 4 is 17.4 Å². The number of nitrogens with two attached hydrogens (primary N) is 1. The molecule has 0 radical (unpaired) electrons. The van der Waals surface area contributed by atoms with Crippen LogP contribution < -0.4 is 11.1 Å². The van der Waals surface area contributed by atoms with Gasteiger partial charge in [0.2, 0.25) is 5.91 Å². The maximum absolute atomic E-state index is 13.4. The van der Waals surface area contributed by atoms with E-state index in [0.717, 1.165) is 6.07 Å². The van der Waals surface area contributed by atoms with Crippen molar-refractivity contribution in [3.8, 4) is 0 Å². The highest BCUT2D eigenvalue weighted by atomic mass is 19.1. The van der Waals surface area contributed by atoms with E-state index in [1.54, 1.807) is 13.8 Å². The molecule has 0 saturated heterocycles. The van der Waals surface area contributed by atoms with E-state index in [2.05, 4.69) is 5.32 Å². The molecule has 0 heterocycles. The second kappa shape index (κ2) is 4.74. The number of amides is 1. The molecule has 1 aromatic rings. The summed E-state index contributed by atoms with van der Waals surface area (Å²) in [6.07, 6.45) is 0. The Morgan fingerprint density at radius 2 is 2.12 bits per heavy atom. The first-order valence-electron chi connectivity index (χ1n) is 4.86. The monoisotopic (exact) mass is 223 g/mol. The van der Waals surface area contributed by atoms with Gasteiger partial charge in [-0.3, -0.25) is 10.2 Å². The zero-order chi connectivity index (χ0) is 12.3. The third-order valence-corrected chi connectivity index (χ3v) is 2.05. The lowest BCUT2D eigenvalue weighted by Gasteiger charge is -2.08.